The number of aliphatic carboxylic acids is 1. The zero-order chi connectivity index (χ0) is 15.4. The van der Waals surface area contributed by atoms with Crippen LogP contribution in [0.25, 0.3) is 6.08 Å². The summed E-state index contributed by atoms with van der Waals surface area (Å²) >= 11 is 3.37. The number of carboxylic acids is 1. The molecule has 0 aliphatic heterocycles. The minimum absolute atomic E-state index is 0.352. The number of ether oxygens (including phenoxy) is 1. The molecule has 21 heavy (non-hydrogen) atoms. The molecule has 0 saturated carbocycles. The highest BCUT2D eigenvalue weighted by atomic mass is 79.9. The topological polar surface area (TPSA) is 72.6 Å². The average Bonchev–Trinajstić information content (AvgIpc) is 2.75. The van der Waals surface area contributed by atoms with Crippen LogP contribution in [0.1, 0.15) is 22.6 Å². The highest BCUT2D eigenvalue weighted by Crippen LogP contribution is 2.25. The van der Waals surface area contributed by atoms with Crippen molar-refractivity contribution in [2.75, 3.05) is 0 Å². The minimum atomic E-state index is -0.996. The van der Waals surface area contributed by atoms with E-state index in [4.69, 9.17) is 14.4 Å². The Balaban J connectivity index is 2.14. The third-order valence-corrected chi connectivity index (χ3v) is 3.66. The number of hydrogen-bond acceptors (Lipinski definition) is 4. The monoisotopic (exact) mass is 351 g/mol. The first kappa shape index (κ1) is 15.3. The number of carbonyl (C=O) groups is 1. The summed E-state index contributed by atoms with van der Waals surface area (Å²) in [6, 6.07) is 5.38. The maximum Gasteiger partial charge on any atom is 0.328 e. The summed E-state index contributed by atoms with van der Waals surface area (Å²) in [6.45, 7) is 4.05. The lowest BCUT2D eigenvalue weighted by Gasteiger charge is -2.07. The van der Waals surface area contributed by atoms with Crippen LogP contribution in [0.3, 0.4) is 0 Å². The van der Waals surface area contributed by atoms with Crippen molar-refractivity contribution in [1.82, 2.24) is 5.16 Å². The Morgan fingerprint density at radius 1 is 1.48 bits per heavy atom. The van der Waals surface area contributed by atoms with Gasteiger partial charge in [0, 0.05) is 10.5 Å². The highest BCUT2D eigenvalue weighted by molar-refractivity contribution is 9.10. The van der Waals surface area contributed by atoms with E-state index < -0.39 is 5.97 Å². The molecule has 0 spiro atoms. The zero-order valence-electron chi connectivity index (χ0n) is 11.6. The fourth-order valence-corrected chi connectivity index (χ4v) is 2.14. The predicted molar refractivity (Wildman–Crippen MR) is 81.1 cm³/mol. The first-order valence-corrected chi connectivity index (χ1v) is 7.02. The normalized spacial score (nSPS) is 11.0. The second-order valence-electron chi connectivity index (χ2n) is 4.45. The van der Waals surface area contributed by atoms with Crippen LogP contribution in [-0.2, 0) is 11.4 Å². The molecule has 0 unspecified atom stereocenters. The van der Waals surface area contributed by atoms with Gasteiger partial charge in [-0.15, -0.1) is 0 Å². The van der Waals surface area contributed by atoms with Crippen LogP contribution in [0, 0.1) is 13.8 Å². The molecule has 1 N–H and O–H groups in total. The van der Waals surface area contributed by atoms with Crippen LogP contribution in [-0.4, -0.2) is 16.2 Å². The number of nitrogens with zero attached hydrogens (tertiary/aromatic N) is 1. The van der Waals surface area contributed by atoms with Gasteiger partial charge in [0.1, 0.15) is 18.1 Å². The molecule has 110 valence electrons. The summed E-state index contributed by atoms with van der Waals surface area (Å²) in [7, 11) is 0. The molecule has 1 aromatic heterocycles. The van der Waals surface area contributed by atoms with Crippen LogP contribution < -0.4 is 4.74 Å². The van der Waals surface area contributed by atoms with E-state index >= 15 is 0 Å². The lowest BCUT2D eigenvalue weighted by Crippen LogP contribution is -1.98. The molecule has 0 fully saturated rings. The fraction of sp³-hybridized carbons (Fsp3) is 0.200. The summed E-state index contributed by atoms with van der Waals surface area (Å²) in [5, 5.41) is 12.5. The third kappa shape index (κ3) is 3.95. The predicted octanol–water partition coefficient (Wildman–Crippen LogP) is 3.73. The molecule has 5 nitrogen and oxygen atoms in total. The van der Waals surface area contributed by atoms with E-state index in [-0.39, 0.29) is 0 Å². The molecule has 0 bridgehead atoms. The maximum absolute atomic E-state index is 10.6. The third-order valence-electron chi connectivity index (χ3n) is 2.94. The van der Waals surface area contributed by atoms with Gasteiger partial charge in [0.15, 0.2) is 0 Å². The van der Waals surface area contributed by atoms with E-state index in [0.29, 0.717) is 12.4 Å². The molecule has 0 aliphatic carbocycles. The molecule has 0 aliphatic rings. The van der Waals surface area contributed by atoms with Crippen LogP contribution in [0.15, 0.2) is 33.3 Å². The van der Waals surface area contributed by atoms with Gasteiger partial charge in [-0.2, -0.15) is 0 Å². The first-order valence-electron chi connectivity index (χ1n) is 6.22. The number of aromatic nitrogens is 1. The lowest BCUT2D eigenvalue weighted by molar-refractivity contribution is -0.131. The van der Waals surface area contributed by atoms with Gasteiger partial charge in [-0.25, -0.2) is 4.79 Å². The molecule has 0 saturated heterocycles. The number of aryl methyl sites for hydroxylation is 2. The Kier molecular flexibility index (Phi) is 4.80. The number of halogens is 1. The van der Waals surface area contributed by atoms with Crippen molar-refractivity contribution >= 4 is 28.0 Å². The highest BCUT2D eigenvalue weighted by Gasteiger charge is 2.10. The van der Waals surface area contributed by atoms with E-state index in [2.05, 4.69) is 21.1 Å². The van der Waals surface area contributed by atoms with Crippen molar-refractivity contribution in [2.45, 2.75) is 20.5 Å². The van der Waals surface area contributed by atoms with Crippen molar-refractivity contribution in [1.29, 1.82) is 0 Å². The van der Waals surface area contributed by atoms with Crippen LogP contribution in [0.5, 0.6) is 5.75 Å². The van der Waals surface area contributed by atoms with Crippen LogP contribution in [0.4, 0.5) is 0 Å². The first-order chi connectivity index (χ1) is 9.97. The van der Waals surface area contributed by atoms with Gasteiger partial charge in [-0.1, -0.05) is 21.1 Å². The van der Waals surface area contributed by atoms with Gasteiger partial charge in [0.2, 0.25) is 0 Å². The van der Waals surface area contributed by atoms with Gasteiger partial charge in [0.25, 0.3) is 0 Å². The molecule has 0 atom stereocenters. The van der Waals surface area contributed by atoms with E-state index in [1.54, 1.807) is 12.1 Å². The quantitative estimate of drug-likeness (QED) is 0.830. The number of rotatable bonds is 5. The summed E-state index contributed by atoms with van der Waals surface area (Å²) in [5.74, 6) is 0.378. The Hall–Kier alpha value is -2.08. The van der Waals surface area contributed by atoms with E-state index in [9.17, 15) is 4.79 Å². The number of carboxylic acid groups (broad SMARTS) is 1. The molecule has 0 radical (unpaired) electrons. The second kappa shape index (κ2) is 6.58. The van der Waals surface area contributed by atoms with Gasteiger partial charge < -0.3 is 14.4 Å². The molecule has 0 amide bonds. The SMILES string of the molecule is Cc1noc(C)c1COc1ccc(Br)c(/C=C/C(=O)O)c1. The van der Waals surface area contributed by atoms with Crippen LogP contribution >= 0.6 is 15.9 Å². The Morgan fingerprint density at radius 3 is 2.86 bits per heavy atom. The largest absolute Gasteiger partial charge is 0.489 e. The Morgan fingerprint density at radius 2 is 2.24 bits per heavy atom. The van der Waals surface area contributed by atoms with Gasteiger partial charge in [0.05, 0.1) is 11.3 Å². The Bertz CT molecular complexity index is 671. The van der Waals surface area contributed by atoms with Crippen molar-refractivity contribution in [3.05, 3.63) is 51.3 Å². The second-order valence-corrected chi connectivity index (χ2v) is 5.30. The van der Waals surface area contributed by atoms with Gasteiger partial charge in [-0.05, 0) is 43.7 Å². The lowest BCUT2D eigenvalue weighted by atomic mass is 10.2. The van der Waals surface area contributed by atoms with E-state index in [1.165, 1.54) is 6.08 Å². The molecular weight excluding hydrogens is 338 g/mol. The van der Waals surface area contributed by atoms with Gasteiger partial charge in [-0.3, -0.25) is 0 Å². The molecule has 1 aromatic carbocycles. The average molecular weight is 352 g/mol. The number of hydrogen-bond donors (Lipinski definition) is 1. The summed E-state index contributed by atoms with van der Waals surface area (Å²) < 4.78 is 11.6. The zero-order valence-corrected chi connectivity index (χ0v) is 13.2. The standard InChI is InChI=1S/C15H14BrNO4/c1-9-13(10(2)21-17-9)8-20-12-4-5-14(16)11(7-12)3-6-15(18)19/h3-7H,8H2,1-2H3,(H,18,19)/b6-3+. The maximum atomic E-state index is 10.6. The van der Waals surface area contributed by atoms with E-state index in [0.717, 1.165) is 33.1 Å². The Labute approximate surface area is 130 Å². The van der Waals surface area contributed by atoms with E-state index in [1.807, 2.05) is 19.9 Å². The molecule has 2 aromatic rings. The van der Waals surface area contributed by atoms with Crippen molar-refractivity contribution in [2.24, 2.45) is 0 Å². The smallest absolute Gasteiger partial charge is 0.328 e. The van der Waals surface area contributed by atoms with Gasteiger partial charge >= 0.3 is 5.97 Å². The summed E-state index contributed by atoms with van der Waals surface area (Å²) in [6.07, 6.45) is 2.59. The molecule has 6 heteroatoms. The summed E-state index contributed by atoms with van der Waals surface area (Å²) in [5.41, 5.74) is 2.45. The van der Waals surface area contributed by atoms with Crippen molar-refractivity contribution < 1.29 is 19.2 Å². The molecule has 2 rings (SSSR count). The van der Waals surface area contributed by atoms with Crippen LogP contribution in [0.2, 0.25) is 0 Å². The summed E-state index contributed by atoms with van der Waals surface area (Å²) in [4.78, 5) is 10.6. The molecule has 1 heterocycles. The van der Waals surface area contributed by atoms with Crippen molar-refractivity contribution in [3.8, 4) is 5.75 Å². The fourth-order valence-electron chi connectivity index (χ4n) is 1.76. The number of benzene rings is 1. The molecular formula is C15H14BrNO4. The van der Waals surface area contributed by atoms with Crippen molar-refractivity contribution in [3.63, 3.8) is 0 Å². The minimum Gasteiger partial charge on any atom is -0.489 e.